The third-order valence-electron chi connectivity index (χ3n) is 33.5. The van der Waals surface area contributed by atoms with Gasteiger partial charge in [0.25, 0.3) is 0 Å². The molecule has 814 valence electrons. The summed E-state index contributed by atoms with van der Waals surface area (Å²) >= 11 is 0. The predicted molar refractivity (Wildman–Crippen MR) is 559 cm³/mol. The highest BCUT2D eigenvalue weighted by Gasteiger charge is 2.49. The fourth-order valence-electron chi connectivity index (χ4n) is 20.5. The largest absolute Gasteiger partial charge is 0.463 e. The Bertz CT molecular complexity index is 4110. The van der Waals surface area contributed by atoms with Crippen LogP contribution in [0.4, 0.5) is 0 Å². The molecule has 9 N–H and O–H groups in total. The van der Waals surface area contributed by atoms with Gasteiger partial charge < -0.3 is 112 Å². The molecule has 0 bridgehead atoms. The Morgan fingerprint density at radius 1 is 0.241 bits per heavy atom. The molecule has 6 aromatic carbocycles. The Balaban J connectivity index is 0.000000232. The second-order valence-corrected chi connectivity index (χ2v) is 42.5. The van der Waals surface area contributed by atoms with Crippen LogP contribution in [-0.2, 0) is 96.7 Å². The minimum Gasteiger partial charge on any atom is -0.463 e. The van der Waals surface area contributed by atoms with Gasteiger partial charge in [-0.1, -0.05) is 307 Å². The van der Waals surface area contributed by atoms with Gasteiger partial charge in [-0.3, -0.25) is 19.2 Å². The van der Waals surface area contributed by atoms with Gasteiger partial charge in [0.15, 0.2) is 6.29 Å². The van der Waals surface area contributed by atoms with Crippen molar-refractivity contribution >= 4 is 23.9 Å². The van der Waals surface area contributed by atoms with Crippen LogP contribution in [0.25, 0.3) is 0 Å². The van der Waals surface area contributed by atoms with Gasteiger partial charge in [-0.25, -0.2) is 0 Å². The average molecular weight is 2030 g/mol. The first kappa shape index (κ1) is 124. The summed E-state index contributed by atoms with van der Waals surface area (Å²) < 4.78 is 79.3. The van der Waals surface area contributed by atoms with Crippen molar-refractivity contribution in [2.45, 2.75) is 333 Å². The van der Waals surface area contributed by atoms with Crippen molar-refractivity contribution in [3.8, 4) is 0 Å². The van der Waals surface area contributed by atoms with E-state index >= 15 is 0 Å². The van der Waals surface area contributed by atoms with Crippen LogP contribution in [0.1, 0.15) is 227 Å². The standard InChI is InChI=1S/C29H34O2.C26H28O5.2C12H22O3.C11H20O4.C11H20O3.C10H20O2.C7H14O5/c1-21-22(2)24(4)31-28(23(21)3)20-30-29(25-14-8-5-9-15-25,26-16-10-6-11-17-26)27-18-12-7-13-19-27;1-18-23(27)25(29)24(28)22(31-18)17-30-26(19-11-5-2-6-12-19,20-13-7-3-8-14-20)21-15-9-4-10-16-21;2*1-7-8(2)10(4)15-12(9(7)3)6-14-11(5)13;1-6-7(2)10(5-14-9(4)12)15-11(13)8(6)3;1-7-5-14-11(6-13-10(4)12)9(3)8(7)2;1-6-7(2)9(4)12-10(5-11)8(6)3;1-3-5(9)7(11)6(10)4(2-8)12-3/h5-19,21-24,28H,20H2,1-4H3;2-16,18,22-25,27-29H,17H2,1H3;2*7-10,12H,6H2,1-5H3;6-8,10-11,13H,5H2,1-4H3;7-9,11H,5-6H2,1-4H3;6-11H,5H2,1-4H3;3-11H,2H2,1H3/t21-,22?,23+,24+,28?;18-,22?,23?,24+,25+;2*7-,8?,9+,10+,12?;6-,7-,8?,10?,11+;7?,8-,9+,11?;6-,7?,8+,9+,10?;3-,4?,5?,6+,7+/m10110110/s1. The molecule has 8 saturated heterocycles. The second kappa shape index (κ2) is 59.9. The monoisotopic (exact) mass is 2030 g/mol. The molecule has 8 aliphatic rings. The fourth-order valence-corrected chi connectivity index (χ4v) is 20.5. The number of aliphatic hydroxyl groups is 9. The molecular formula is C118H180O27. The summed E-state index contributed by atoms with van der Waals surface area (Å²) in [6.07, 6.45) is -9.69. The van der Waals surface area contributed by atoms with E-state index in [2.05, 4.69) is 236 Å². The van der Waals surface area contributed by atoms with E-state index < -0.39 is 78.5 Å². The van der Waals surface area contributed by atoms with E-state index in [1.165, 1.54) is 27.7 Å². The summed E-state index contributed by atoms with van der Waals surface area (Å²) in [6.45, 7) is 59.4. The Morgan fingerprint density at radius 2 is 0.462 bits per heavy atom. The molecule has 8 fully saturated rings. The molecule has 8 heterocycles. The summed E-state index contributed by atoms with van der Waals surface area (Å²) in [7, 11) is 0. The number of benzene rings is 6. The first-order valence-electron chi connectivity index (χ1n) is 52.9. The van der Waals surface area contributed by atoms with Gasteiger partial charge in [0.2, 0.25) is 0 Å². The van der Waals surface area contributed by atoms with Gasteiger partial charge in [-0.15, -0.1) is 0 Å². The van der Waals surface area contributed by atoms with Crippen molar-refractivity contribution in [3.05, 3.63) is 215 Å². The third-order valence-corrected chi connectivity index (χ3v) is 33.5. The van der Waals surface area contributed by atoms with Crippen LogP contribution in [-0.4, -0.2) is 258 Å². The molecule has 39 atom stereocenters. The molecule has 6 aromatic rings. The van der Waals surface area contributed by atoms with Crippen LogP contribution in [0.15, 0.2) is 182 Å². The summed E-state index contributed by atoms with van der Waals surface area (Å²) in [6, 6.07) is 61.4. The normalized spacial score (nSPS) is 36.0. The topological polar surface area (TPSA) is 380 Å². The zero-order chi connectivity index (χ0) is 108. The quantitative estimate of drug-likeness (QED) is 0.0173. The van der Waals surface area contributed by atoms with Crippen molar-refractivity contribution in [1.82, 2.24) is 0 Å². The van der Waals surface area contributed by atoms with Crippen LogP contribution < -0.4 is 0 Å². The van der Waals surface area contributed by atoms with E-state index in [-0.39, 0.29) is 123 Å². The van der Waals surface area contributed by atoms with Gasteiger partial charge in [-0.2, -0.15) is 0 Å². The van der Waals surface area contributed by atoms with E-state index in [1.54, 1.807) is 13.8 Å². The maximum Gasteiger partial charge on any atom is 0.302 e. The van der Waals surface area contributed by atoms with E-state index in [0.29, 0.717) is 121 Å². The Kier molecular flexibility index (Phi) is 51.4. The van der Waals surface area contributed by atoms with E-state index in [4.69, 9.17) is 76.5 Å². The third kappa shape index (κ3) is 34.0. The van der Waals surface area contributed by atoms with E-state index in [0.717, 1.165) is 40.0 Å². The SMILES string of the molecule is CC(=O)OCC1OCC(C)[C@@H](C)[C@@H]1C.CC(=O)OCC1O[C@@H](C)C(C)[C@@H](C)[C@@H]1C.CC(=O)OCC1O[C@@H](C)C(C)[C@@H](C)[C@@H]1C.CC(=O)OCC1O[C@@H](O)C(C)[C@@H](C)[C@@H]1C.CC1[C@H](C)OC(CO)[C@@H](C)[C@@H]1C.CC1[C@H](C)OC(COC(c2ccccc2)(c2ccccc2)c2ccccc2)[C@@H](C)[C@@H]1C.C[C@@H]1OC(CO)[C@@H](O)[C@H](O)C1O.C[C@@H]1OC(COC(c2ccccc2)(c2ccccc2)c2ccccc2)[C@@H](O)[C@H](O)C1O. The van der Waals surface area contributed by atoms with Gasteiger partial charge in [-0.05, 0) is 176 Å². The van der Waals surface area contributed by atoms with Crippen molar-refractivity contribution in [2.24, 2.45) is 107 Å². The molecule has 0 aromatic heterocycles. The summed E-state index contributed by atoms with van der Waals surface area (Å²) in [4.78, 5) is 42.8. The lowest BCUT2D eigenvalue weighted by Gasteiger charge is -2.44. The highest BCUT2D eigenvalue weighted by Crippen LogP contribution is 2.46. The molecule has 0 radical (unpaired) electrons. The molecule has 8 aliphatic heterocycles. The fraction of sp³-hybridized carbons (Fsp3) is 0.661. The summed E-state index contributed by atoms with van der Waals surface area (Å²) in [5.74, 6) is 7.95. The minimum atomic E-state index is -1.29. The second-order valence-electron chi connectivity index (χ2n) is 42.5. The zero-order valence-corrected chi connectivity index (χ0v) is 91.6. The lowest BCUT2D eigenvalue weighted by atomic mass is 9.76. The first-order valence-corrected chi connectivity index (χ1v) is 52.9. The molecule has 0 aliphatic carbocycles. The Labute approximate surface area is 865 Å². The number of carbonyl (C=O) groups is 4. The van der Waals surface area contributed by atoms with E-state index in [9.17, 15) is 54.9 Å². The van der Waals surface area contributed by atoms with Crippen molar-refractivity contribution in [1.29, 1.82) is 0 Å². The van der Waals surface area contributed by atoms with Crippen LogP contribution in [0.2, 0.25) is 0 Å². The van der Waals surface area contributed by atoms with Gasteiger partial charge in [0.1, 0.15) is 86.5 Å². The number of hydrogen-bond donors (Lipinski definition) is 9. The Morgan fingerprint density at radius 3 is 0.745 bits per heavy atom. The van der Waals surface area contributed by atoms with Gasteiger partial charge in [0.05, 0.1) is 99.7 Å². The van der Waals surface area contributed by atoms with Gasteiger partial charge in [0, 0.05) is 40.2 Å². The first-order chi connectivity index (χ1) is 68.5. The van der Waals surface area contributed by atoms with Crippen LogP contribution in [0.3, 0.4) is 0 Å². The number of aliphatic hydroxyl groups excluding tert-OH is 9. The van der Waals surface area contributed by atoms with E-state index in [1.807, 2.05) is 97.9 Å². The molecule has 14 rings (SSSR count). The zero-order valence-electron chi connectivity index (χ0n) is 91.6. The molecule has 27 nitrogen and oxygen atoms in total. The lowest BCUT2D eigenvalue weighted by molar-refractivity contribution is -0.234. The van der Waals surface area contributed by atoms with Gasteiger partial charge >= 0.3 is 23.9 Å². The molecular weight excluding hydrogens is 1850 g/mol. The molecule has 0 spiro atoms. The summed E-state index contributed by atoms with van der Waals surface area (Å²) in [5.41, 5.74) is 4.56. The van der Waals surface area contributed by atoms with Crippen molar-refractivity contribution in [2.75, 3.05) is 59.5 Å². The van der Waals surface area contributed by atoms with Crippen LogP contribution in [0.5, 0.6) is 0 Å². The molecule has 0 saturated carbocycles. The number of ether oxygens (including phenoxy) is 14. The highest BCUT2D eigenvalue weighted by atomic mass is 16.6. The number of carbonyl (C=O) groups excluding carboxylic acids is 4. The maximum absolute atomic E-state index is 10.7. The van der Waals surface area contributed by atoms with Crippen molar-refractivity contribution in [3.63, 3.8) is 0 Å². The molecule has 16 unspecified atom stereocenters. The predicted octanol–water partition coefficient (Wildman–Crippen LogP) is 16.6. The summed E-state index contributed by atoms with van der Waals surface area (Å²) in [5, 5.41) is 85.8. The van der Waals surface area contributed by atoms with Crippen LogP contribution in [0, 0.1) is 107 Å². The van der Waals surface area contributed by atoms with Crippen molar-refractivity contribution < 1.29 is 131 Å². The molecule has 145 heavy (non-hydrogen) atoms. The molecule has 27 heteroatoms. The maximum atomic E-state index is 10.7. The smallest absolute Gasteiger partial charge is 0.302 e. The number of esters is 4. The number of hydrogen-bond acceptors (Lipinski definition) is 27. The lowest BCUT2D eigenvalue weighted by Crippen LogP contribution is -2.58. The number of rotatable bonds is 22. The molecule has 0 amide bonds. The van der Waals surface area contributed by atoms with Crippen LogP contribution >= 0.6 is 0 Å². The minimum absolute atomic E-state index is 0.0218. The highest BCUT2D eigenvalue weighted by molar-refractivity contribution is 5.67. The average Bonchev–Trinajstić information content (AvgIpc) is 0.754. The Hall–Kier alpha value is -7.56.